The van der Waals surface area contributed by atoms with E-state index in [0.717, 1.165) is 17.2 Å². The van der Waals surface area contributed by atoms with Crippen molar-refractivity contribution in [2.45, 2.75) is 25.1 Å². The lowest BCUT2D eigenvalue weighted by Crippen LogP contribution is -2.53. The number of hydrogen-bond acceptors (Lipinski definition) is 4. The van der Waals surface area contributed by atoms with E-state index in [4.69, 9.17) is 11.6 Å². The molecule has 0 aliphatic carbocycles. The molecule has 1 aliphatic heterocycles. The number of nitrogens with one attached hydrogen (secondary N) is 3. The highest BCUT2D eigenvalue weighted by atomic mass is 35.5. The molecule has 0 spiro atoms. The van der Waals surface area contributed by atoms with Gasteiger partial charge in [-0.05, 0) is 60.9 Å². The summed E-state index contributed by atoms with van der Waals surface area (Å²) in [6.45, 7) is 0.0322. The zero-order chi connectivity index (χ0) is 28.4. The number of nitrogens with zero attached hydrogens (tertiary/aromatic N) is 1. The molecule has 1 fully saturated rings. The predicted octanol–water partition coefficient (Wildman–Crippen LogP) is 5.71. The van der Waals surface area contributed by atoms with Crippen molar-refractivity contribution in [1.29, 1.82) is 0 Å². The lowest BCUT2D eigenvalue weighted by Gasteiger charge is -2.34. The number of urea groups is 1. The van der Waals surface area contributed by atoms with Crippen molar-refractivity contribution in [3.8, 4) is 11.1 Å². The molecule has 3 aromatic rings. The van der Waals surface area contributed by atoms with Gasteiger partial charge in [-0.3, -0.25) is 9.52 Å². The van der Waals surface area contributed by atoms with Crippen LogP contribution in [0.15, 0.2) is 66.7 Å². The molecule has 3 aromatic carbocycles. The molecule has 8 nitrogen and oxygen atoms in total. The number of rotatable bonds is 6. The van der Waals surface area contributed by atoms with Crippen LogP contribution in [-0.4, -0.2) is 39.2 Å². The minimum atomic E-state index is -4.82. The minimum Gasteiger partial charge on any atom is -0.326 e. The Hall–Kier alpha value is -3.77. The maximum Gasteiger partial charge on any atom is 0.418 e. The quantitative estimate of drug-likeness (QED) is 0.347. The largest absolute Gasteiger partial charge is 0.418 e. The van der Waals surface area contributed by atoms with Crippen molar-refractivity contribution in [2.24, 2.45) is 0 Å². The number of carbonyl (C=O) groups is 2. The van der Waals surface area contributed by atoms with Crippen LogP contribution in [0.2, 0.25) is 5.02 Å². The second-order valence-corrected chi connectivity index (χ2v) is 11.1. The van der Waals surface area contributed by atoms with E-state index >= 15 is 0 Å². The van der Waals surface area contributed by atoms with Gasteiger partial charge in [0.2, 0.25) is 15.9 Å². The molecule has 4 rings (SSSR count). The Morgan fingerprint density at radius 3 is 2.41 bits per heavy atom. The number of hydrogen-bond donors (Lipinski definition) is 3. The van der Waals surface area contributed by atoms with Crippen LogP contribution in [0.4, 0.5) is 35.0 Å². The summed E-state index contributed by atoms with van der Waals surface area (Å²) in [6, 6.07) is 14.1. The molecule has 0 unspecified atom stereocenters. The van der Waals surface area contributed by atoms with E-state index in [9.17, 15) is 31.2 Å². The molecular formula is C26H24ClF3N4O4S. The molecule has 1 heterocycles. The fraction of sp³-hybridized carbons (Fsp3) is 0.231. The summed E-state index contributed by atoms with van der Waals surface area (Å²) in [5.41, 5.74) is -0.519. The fourth-order valence-corrected chi connectivity index (χ4v) is 5.00. The molecular weight excluding hydrogens is 557 g/mol. The van der Waals surface area contributed by atoms with E-state index in [1.54, 1.807) is 36.4 Å². The first-order chi connectivity index (χ1) is 18.3. The Labute approximate surface area is 228 Å². The first-order valence-corrected chi connectivity index (χ1v) is 14.0. The fourth-order valence-electron chi connectivity index (χ4n) is 4.30. The Kier molecular flexibility index (Phi) is 8.07. The monoisotopic (exact) mass is 580 g/mol. The molecule has 206 valence electrons. The summed E-state index contributed by atoms with van der Waals surface area (Å²) in [7, 11) is -3.69. The average molecular weight is 581 g/mol. The van der Waals surface area contributed by atoms with Gasteiger partial charge in [0, 0.05) is 22.8 Å². The van der Waals surface area contributed by atoms with Gasteiger partial charge in [0.25, 0.3) is 0 Å². The molecule has 0 bridgehead atoms. The number of anilines is 3. The molecule has 1 saturated heterocycles. The van der Waals surface area contributed by atoms with Gasteiger partial charge < -0.3 is 15.5 Å². The van der Waals surface area contributed by atoms with Crippen molar-refractivity contribution in [3.63, 3.8) is 0 Å². The maximum absolute atomic E-state index is 14.2. The van der Waals surface area contributed by atoms with E-state index in [0.29, 0.717) is 17.1 Å². The van der Waals surface area contributed by atoms with Crippen LogP contribution in [0.1, 0.15) is 18.4 Å². The van der Waals surface area contributed by atoms with Crippen molar-refractivity contribution in [1.82, 2.24) is 5.32 Å². The lowest BCUT2D eigenvalue weighted by molar-refractivity contribution is -0.137. The summed E-state index contributed by atoms with van der Waals surface area (Å²) in [4.78, 5) is 26.7. The van der Waals surface area contributed by atoms with Crippen molar-refractivity contribution in [3.05, 3.63) is 77.3 Å². The Morgan fingerprint density at radius 1 is 1.05 bits per heavy atom. The number of piperidine rings is 1. The smallest absolute Gasteiger partial charge is 0.326 e. The summed E-state index contributed by atoms with van der Waals surface area (Å²) in [6.07, 6.45) is -3.27. The SMILES string of the molecule is CS(=O)(=O)Nc1ccccc1-c1ccc(N2CCC[C@@H](NC(=O)Nc3ccc(Cl)cc3)C2=O)c(C(F)(F)F)c1. The number of alkyl halides is 3. The van der Waals surface area contributed by atoms with E-state index in [-0.39, 0.29) is 35.5 Å². The molecule has 0 aromatic heterocycles. The average Bonchev–Trinajstić information content (AvgIpc) is 2.85. The zero-order valence-electron chi connectivity index (χ0n) is 20.5. The molecule has 1 atom stereocenters. The van der Waals surface area contributed by atoms with Gasteiger partial charge in [0.1, 0.15) is 6.04 Å². The van der Waals surface area contributed by atoms with Gasteiger partial charge in [-0.25, -0.2) is 13.2 Å². The van der Waals surface area contributed by atoms with Crippen LogP contribution >= 0.6 is 11.6 Å². The van der Waals surface area contributed by atoms with Gasteiger partial charge in [0.05, 0.1) is 23.2 Å². The molecule has 0 radical (unpaired) electrons. The highest BCUT2D eigenvalue weighted by Gasteiger charge is 2.39. The number of para-hydroxylation sites is 1. The van der Waals surface area contributed by atoms with E-state index in [1.807, 2.05) is 0 Å². The normalized spacial score (nSPS) is 16.1. The lowest BCUT2D eigenvalue weighted by atomic mass is 9.97. The Morgan fingerprint density at radius 2 is 1.74 bits per heavy atom. The molecule has 1 aliphatic rings. The number of sulfonamides is 1. The second kappa shape index (κ2) is 11.1. The Balaban J connectivity index is 1.61. The van der Waals surface area contributed by atoms with Crippen LogP contribution in [0.3, 0.4) is 0 Å². The number of carbonyl (C=O) groups excluding carboxylic acids is 2. The van der Waals surface area contributed by atoms with E-state index in [1.165, 1.54) is 24.3 Å². The number of benzene rings is 3. The molecule has 39 heavy (non-hydrogen) atoms. The minimum absolute atomic E-state index is 0.0322. The van der Waals surface area contributed by atoms with E-state index < -0.39 is 39.7 Å². The van der Waals surface area contributed by atoms with Crippen LogP contribution in [0.25, 0.3) is 11.1 Å². The van der Waals surface area contributed by atoms with E-state index in [2.05, 4.69) is 15.4 Å². The standard InChI is InChI=1S/C26H24ClF3N4O4S/c1-39(37,38)33-21-6-3-2-5-19(21)16-8-13-23(20(15-16)26(28,29)30)34-14-4-7-22(24(34)35)32-25(36)31-18-11-9-17(27)10-12-18/h2-3,5-6,8-13,15,22,33H,4,7,14H2,1H3,(H2,31,32,36)/t22-/m1/s1. The van der Waals surface area contributed by atoms with Crippen molar-refractivity contribution < 1.29 is 31.2 Å². The maximum atomic E-state index is 14.2. The van der Waals surface area contributed by atoms with Crippen LogP contribution in [0.5, 0.6) is 0 Å². The molecule has 13 heteroatoms. The van der Waals surface area contributed by atoms with Crippen LogP contribution in [0, 0.1) is 0 Å². The summed E-state index contributed by atoms with van der Waals surface area (Å²) >= 11 is 5.83. The van der Waals surface area contributed by atoms with Gasteiger partial charge in [-0.2, -0.15) is 13.2 Å². The third-order valence-corrected chi connectivity index (χ3v) is 6.81. The number of amides is 3. The second-order valence-electron chi connectivity index (χ2n) is 8.94. The third-order valence-electron chi connectivity index (χ3n) is 5.97. The molecule has 3 N–H and O–H groups in total. The van der Waals surface area contributed by atoms with Crippen molar-refractivity contribution in [2.75, 3.05) is 27.7 Å². The third kappa shape index (κ3) is 7.01. The molecule has 3 amide bonds. The summed E-state index contributed by atoms with van der Waals surface area (Å²) in [5.74, 6) is -0.676. The summed E-state index contributed by atoms with van der Waals surface area (Å²) < 4.78 is 68.5. The zero-order valence-corrected chi connectivity index (χ0v) is 22.1. The summed E-state index contributed by atoms with van der Waals surface area (Å²) in [5, 5.41) is 5.57. The topological polar surface area (TPSA) is 108 Å². The van der Waals surface area contributed by atoms with Gasteiger partial charge in [-0.1, -0.05) is 35.9 Å². The number of halogens is 4. The van der Waals surface area contributed by atoms with Gasteiger partial charge in [-0.15, -0.1) is 0 Å². The predicted molar refractivity (Wildman–Crippen MR) is 144 cm³/mol. The molecule has 0 saturated carbocycles. The first-order valence-electron chi connectivity index (χ1n) is 11.7. The van der Waals surface area contributed by atoms with Gasteiger partial charge >= 0.3 is 12.2 Å². The van der Waals surface area contributed by atoms with Crippen LogP contribution < -0.4 is 20.3 Å². The van der Waals surface area contributed by atoms with Crippen LogP contribution in [-0.2, 0) is 21.0 Å². The van der Waals surface area contributed by atoms with Crippen molar-refractivity contribution >= 4 is 50.6 Å². The van der Waals surface area contributed by atoms with Gasteiger partial charge in [0.15, 0.2) is 0 Å². The Bertz CT molecular complexity index is 1500. The first kappa shape index (κ1) is 28.2. The highest BCUT2D eigenvalue weighted by Crippen LogP contribution is 2.41. The highest BCUT2D eigenvalue weighted by molar-refractivity contribution is 7.92.